The Kier molecular flexibility index (Phi) is 4.36. The van der Waals surface area contributed by atoms with Crippen molar-refractivity contribution in [3.63, 3.8) is 0 Å². The van der Waals surface area contributed by atoms with Crippen molar-refractivity contribution in [1.29, 1.82) is 0 Å². The molecule has 0 radical (unpaired) electrons. The van der Waals surface area contributed by atoms with E-state index in [1.807, 2.05) is 25.2 Å². The van der Waals surface area contributed by atoms with Crippen molar-refractivity contribution >= 4 is 16.5 Å². The van der Waals surface area contributed by atoms with Crippen molar-refractivity contribution in [2.75, 3.05) is 14.1 Å². The number of nitrogens with one attached hydrogen (secondary N) is 1. The first-order valence-corrected chi connectivity index (χ1v) is 13.0. The number of nitrogens with zero attached hydrogens (tertiary/aromatic N) is 2. The van der Waals surface area contributed by atoms with Crippen molar-refractivity contribution in [1.82, 2.24) is 15.1 Å². The summed E-state index contributed by atoms with van der Waals surface area (Å²) >= 11 is 0. The molecular formula is C29H35N3O3. The van der Waals surface area contributed by atoms with Crippen LogP contribution in [-0.2, 0) is 4.74 Å². The van der Waals surface area contributed by atoms with E-state index in [-0.39, 0.29) is 17.1 Å². The van der Waals surface area contributed by atoms with Crippen LogP contribution in [0.4, 0.5) is 0 Å². The van der Waals surface area contributed by atoms with Gasteiger partial charge in [0.1, 0.15) is 6.10 Å². The van der Waals surface area contributed by atoms with Gasteiger partial charge in [-0.3, -0.25) is 5.10 Å². The topological polar surface area (TPSA) is 81.6 Å². The predicted molar refractivity (Wildman–Crippen MR) is 136 cm³/mol. The first-order valence-electron chi connectivity index (χ1n) is 13.0. The van der Waals surface area contributed by atoms with Crippen LogP contribution in [0.5, 0.6) is 0 Å². The van der Waals surface area contributed by atoms with Crippen LogP contribution in [0.25, 0.3) is 16.5 Å². The maximum absolute atomic E-state index is 11.2. The maximum Gasteiger partial charge on any atom is 0.105 e. The average Bonchev–Trinajstić information content (AvgIpc) is 3.52. The molecule has 2 aromatic rings. The molecule has 5 aliphatic rings. The maximum atomic E-state index is 11.2. The fourth-order valence-corrected chi connectivity index (χ4v) is 8.36. The highest BCUT2D eigenvalue weighted by Crippen LogP contribution is 2.69. The molecule has 184 valence electrons. The van der Waals surface area contributed by atoms with E-state index < -0.39 is 17.8 Å². The molecule has 1 aromatic carbocycles. The number of aliphatic hydroxyl groups is 2. The molecular weight excluding hydrogens is 438 g/mol. The molecule has 6 nitrogen and oxygen atoms in total. The summed E-state index contributed by atoms with van der Waals surface area (Å²) in [6.07, 6.45) is 10.8. The summed E-state index contributed by atoms with van der Waals surface area (Å²) in [4.78, 5) is 2.03. The minimum absolute atomic E-state index is 0.0538. The number of ether oxygens (including phenoxy) is 1. The van der Waals surface area contributed by atoms with Crippen LogP contribution in [0.1, 0.15) is 45.1 Å². The van der Waals surface area contributed by atoms with Gasteiger partial charge in [-0.15, -0.1) is 0 Å². The molecule has 2 fully saturated rings. The van der Waals surface area contributed by atoms with Gasteiger partial charge in [0.15, 0.2) is 0 Å². The van der Waals surface area contributed by atoms with Crippen LogP contribution in [0.2, 0.25) is 0 Å². The molecule has 2 spiro atoms. The highest BCUT2D eigenvalue weighted by Gasteiger charge is 2.68. The second kappa shape index (κ2) is 6.94. The first-order chi connectivity index (χ1) is 16.7. The highest BCUT2D eigenvalue weighted by atomic mass is 16.5. The normalized spacial score (nSPS) is 44.0. The quantitative estimate of drug-likeness (QED) is 0.618. The average molecular weight is 474 g/mol. The Morgan fingerprint density at radius 2 is 2.03 bits per heavy atom. The van der Waals surface area contributed by atoms with Gasteiger partial charge in [0, 0.05) is 22.8 Å². The Hall–Kier alpha value is -2.25. The highest BCUT2D eigenvalue weighted by molar-refractivity contribution is 5.85. The summed E-state index contributed by atoms with van der Waals surface area (Å²) < 4.78 is 7.27. The van der Waals surface area contributed by atoms with Gasteiger partial charge < -0.3 is 19.8 Å². The smallest absolute Gasteiger partial charge is 0.105 e. The van der Waals surface area contributed by atoms with Crippen molar-refractivity contribution in [3.8, 4) is 0 Å². The van der Waals surface area contributed by atoms with Crippen LogP contribution in [-0.4, -0.2) is 68.9 Å². The SMILES string of the molecule is CC1C=C2C=C3[C@@H](O)[C@H](O)[C@@H](N(C)C)C[C@]34CC[C@]2(O4)C2CC=C(c3ccc4cn[nH]c4c3)[C@@]12C. The third-order valence-electron chi connectivity index (χ3n) is 10.4. The number of hydrogen-bond acceptors (Lipinski definition) is 5. The Morgan fingerprint density at radius 1 is 1.20 bits per heavy atom. The Balaban J connectivity index is 1.33. The fourth-order valence-electron chi connectivity index (χ4n) is 8.36. The van der Waals surface area contributed by atoms with Crippen LogP contribution < -0.4 is 0 Å². The standard InChI is InChI=1S/C29H35N3O3/c1-16-11-19-13-21-25(33)26(34)23(32(3)4)14-28(21)9-10-29(19,35-28)24-8-7-20(27(16,24)2)17-5-6-18-15-30-31-22(18)12-17/h5-7,11-13,15-16,23-26,33-34H,8-10,14H2,1-4H3,(H,30,31)/t16?,23-,24?,25+,26+,27+,28+,29+/m0/s1. The number of aliphatic hydroxyl groups excluding tert-OH is 2. The summed E-state index contributed by atoms with van der Waals surface area (Å²) in [6.45, 7) is 4.75. The van der Waals surface area contributed by atoms with Crippen molar-refractivity contribution in [2.24, 2.45) is 17.3 Å². The number of likely N-dealkylation sites (N-methyl/N-ethyl adjacent to an activating group) is 1. The molecule has 6 heteroatoms. The van der Waals surface area contributed by atoms with Crippen molar-refractivity contribution < 1.29 is 14.9 Å². The molecule has 2 aliphatic heterocycles. The van der Waals surface area contributed by atoms with Gasteiger partial charge in [-0.25, -0.2) is 0 Å². The third-order valence-corrected chi connectivity index (χ3v) is 10.4. The zero-order valence-corrected chi connectivity index (χ0v) is 21.0. The number of fused-ring (bicyclic) bond motifs is 2. The Bertz CT molecular complexity index is 1320. The lowest BCUT2D eigenvalue weighted by Gasteiger charge is -2.57. The number of benzene rings is 1. The Labute approximate surface area is 206 Å². The number of rotatable bonds is 2. The van der Waals surface area contributed by atoms with Gasteiger partial charge in [0.25, 0.3) is 0 Å². The Morgan fingerprint density at radius 3 is 2.83 bits per heavy atom. The van der Waals surface area contributed by atoms with E-state index in [1.165, 1.54) is 16.7 Å². The first kappa shape index (κ1) is 22.0. The molecule has 1 saturated carbocycles. The molecule has 3 heterocycles. The molecule has 1 aromatic heterocycles. The van der Waals surface area contributed by atoms with Gasteiger partial charge in [-0.05, 0) is 74.0 Å². The molecule has 0 amide bonds. The van der Waals surface area contributed by atoms with Gasteiger partial charge in [-0.1, -0.05) is 44.2 Å². The number of H-pyrrole nitrogens is 1. The number of aromatic amines is 1. The van der Waals surface area contributed by atoms with Crippen molar-refractivity contribution in [3.05, 3.63) is 59.3 Å². The van der Waals surface area contributed by atoms with E-state index in [4.69, 9.17) is 4.74 Å². The monoisotopic (exact) mass is 473 g/mol. The van der Waals surface area contributed by atoms with Gasteiger partial charge in [0.2, 0.25) is 0 Å². The minimum atomic E-state index is -0.893. The van der Waals surface area contributed by atoms with E-state index in [0.717, 1.165) is 42.2 Å². The molecule has 35 heavy (non-hydrogen) atoms. The van der Waals surface area contributed by atoms with E-state index in [2.05, 4.69) is 60.5 Å². The fraction of sp³-hybridized carbons (Fsp3) is 0.552. The molecule has 3 aliphatic carbocycles. The lowest BCUT2D eigenvalue weighted by Crippen LogP contribution is -2.62. The van der Waals surface area contributed by atoms with Gasteiger partial charge in [-0.2, -0.15) is 5.10 Å². The molecule has 7 rings (SSSR count). The lowest BCUT2D eigenvalue weighted by molar-refractivity contribution is -0.165. The summed E-state index contributed by atoms with van der Waals surface area (Å²) in [7, 11) is 3.96. The predicted octanol–water partition coefficient (Wildman–Crippen LogP) is 3.83. The van der Waals surface area contributed by atoms with E-state index in [0.29, 0.717) is 11.8 Å². The van der Waals surface area contributed by atoms with Crippen LogP contribution in [0.3, 0.4) is 0 Å². The second-order valence-corrected chi connectivity index (χ2v) is 12.0. The van der Waals surface area contributed by atoms with Gasteiger partial charge in [0.05, 0.1) is 29.0 Å². The van der Waals surface area contributed by atoms with Crippen LogP contribution in [0.15, 0.2) is 53.8 Å². The van der Waals surface area contributed by atoms with Crippen LogP contribution >= 0.6 is 0 Å². The molecule has 2 unspecified atom stereocenters. The lowest BCUT2D eigenvalue weighted by atomic mass is 9.54. The summed E-state index contributed by atoms with van der Waals surface area (Å²) in [5, 5.41) is 30.6. The third kappa shape index (κ3) is 2.61. The molecule has 1 saturated heterocycles. The van der Waals surface area contributed by atoms with Crippen molar-refractivity contribution in [2.45, 2.75) is 69.0 Å². The van der Waals surface area contributed by atoms with Crippen LogP contribution in [0, 0.1) is 17.3 Å². The molecule has 2 bridgehead atoms. The number of hydrogen-bond donors (Lipinski definition) is 3. The number of allylic oxidation sites excluding steroid dienone is 3. The summed E-state index contributed by atoms with van der Waals surface area (Å²) in [5.41, 5.74) is 4.93. The van der Waals surface area contributed by atoms with E-state index in [1.54, 1.807) is 0 Å². The number of aromatic nitrogens is 2. The molecule has 8 atom stereocenters. The zero-order chi connectivity index (χ0) is 24.3. The molecule has 3 N–H and O–H groups in total. The zero-order valence-electron chi connectivity index (χ0n) is 21.0. The van der Waals surface area contributed by atoms with E-state index >= 15 is 0 Å². The summed E-state index contributed by atoms with van der Waals surface area (Å²) in [5.74, 6) is 0.643. The largest absolute Gasteiger partial charge is 0.388 e. The second-order valence-electron chi connectivity index (χ2n) is 12.0. The minimum Gasteiger partial charge on any atom is -0.388 e. The van der Waals surface area contributed by atoms with Gasteiger partial charge >= 0.3 is 0 Å². The summed E-state index contributed by atoms with van der Waals surface area (Å²) in [6, 6.07) is 6.50. The van der Waals surface area contributed by atoms with E-state index in [9.17, 15) is 10.2 Å².